The summed E-state index contributed by atoms with van der Waals surface area (Å²) in [6.45, 7) is 1.90. The Balaban J connectivity index is 2.85. The summed E-state index contributed by atoms with van der Waals surface area (Å²) in [5.41, 5.74) is 6.70. The largest absolute Gasteiger partial charge is 0.481 e. The Morgan fingerprint density at radius 1 is 1.67 bits per heavy atom. The fraction of sp³-hybridized carbons (Fsp3) is 0.273. The number of nitrogens with zero attached hydrogens (tertiary/aromatic N) is 1. The highest BCUT2D eigenvalue weighted by Gasteiger charge is 1.98. The third-order valence-corrected chi connectivity index (χ3v) is 1.78. The Morgan fingerprint density at radius 2 is 2.40 bits per heavy atom. The van der Waals surface area contributed by atoms with Gasteiger partial charge in [-0.2, -0.15) is 0 Å². The Hall–Kier alpha value is -2.02. The van der Waals surface area contributed by atoms with Crippen molar-refractivity contribution in [3.63, 3.8) is 0 Å². The van der Waals surface area contributed by atoms with Crippen LogP contribution in [-0.2, 0) is 4.79 Å². The zero-order valence-corrected chi connectivity index (χ0v) is 8.70. The zero-order chi connectivity index (χ0) is 11.3. The molecule has 0 fully saturated rings. The van der Waals surface area contributed by atoms with E-state index < -0.39 is 5.91 Å². The van der Waals surface area contributed by atoms with Gasteiger partial charge in [0.25, 0.3) is 0 Å². The molecule has 0 atom stereocenters. The topological polar surface area (TPSA) is 65.2 Å². The minimum Gasteiger partial charge on any atom is -0.481 e. The fourth-order valence-corrected chi connectivity index (χ4v) is 0.999. The lowest BCUT2D eigenvalue weighted by atomic mass is 10.1. The fourth-order valence-electron chi connectivity index (χ4n) is 0.999. The van der Waals surface area contributed by atoms with Crippen molar-refractivity contribution in [2.24, 2.45) is 5.73 Å². The van der Waals surface area contributed by atoms with Crippen molar-refractivity contribution in [3.05, 3.63) is 23.4 Å². The number of carbonyl (C=O) groups is 1. The molecule has 4 nitrogen and oxygen atoms in total. The zero-order valence-electron chi connectivity index (χ0n) is 8.70. The summed E-state index contributed by atoms with van der Waals surface area (Å²) in [4.78, 5) is 14.5. The van der Waals surface area contributed by atoms with Crippen LogP contribution in [0, 0.1) is 18.8 Å². The first-order valence-electron chi connectivity index (χ1n) is 4.41. The first-order valence-corrected chi connectivity index (χ1v) is 4.41. The molecule has 1 aromatic heterocycles. The lowest BCUT2D eigenvalue weighted by Crippen LogP contribution is -2.08. The van der Waals surface area contributed by atoms with Crippen molar-refractivity contribution < 1.29 is 9.53 Å². The number of rotatable bonds is 2. The van der Waals surface area contributed by atoms with Crippen LogP contribution in [0.1, 0.15) is 17.5 Å². The highest BCUT2D eigenvalue weighted by molar-refractivity contribution is 5.76. The van der Waals surface area contributed by atoms with E-state index in [-0.39, 0.29) is 6.42 Å². The summed E-state index contributed by atoms with van der Waals surface area (Å²) >= 11 is 0. The summed E-state index contributed by atoms with van der Waals surface area (Å²) in [6.07, 6.45) is 1.67. The molecule has 0 saturated carbocycles. The minimum atomic E-state index is -0.429. The number of ether oxygens (including phenoxy) is 1. The molecule has 0 saturated heterocycles. The van der Waals surface area contributed by atoms with Gasteiger partial charge in [-0.05, 0) is 12.5 Å². The van der Waals surface area contributed by atoms with E-state index in [2.05, 4.69) is 16.8 Å². The summed E-state index contributed by atoms with van der Waals surface area (Å²) in [5.74, 6) is 5.62. The lowest BCUT2D eigenvalue weighted by Gasteiger charge is -2.00. The first kappa shape index (κ1) is 11.1. The van der Waals surface area contributed by atoms with Gasteiger partial charge in [-0.1, -0.05) is 11.8 Å². The highest BCUT2D eigenvalue weighted by atomic mass is 16.5. The molecule has 0 aliphatic carbocycles. The van der Waals surface area contributed by atoms with Crippen LogP contribution in [0.3, 0.4) is 0 Å². The molecular formula is C11H12N2O2. The molecule has 1 rings (SSSR count). The van der Waals surface area contributed by atoms with E-state index >= 15 is 0 Å². The van der Waals surface area contributed by atoms with Crippen LogP contribution in [0.2, 0.25) is 0 Å². The van der Waals surface area contributed by atoms with Gasteiger partial charge >= 0.3 is 0 Å². The number of hydrogen-bond acceptors (Lipinski definition) is 3. The normalized spacial score (nSPS) is 8.93. The molecule has 0 aliphatic rings. The van der Waals surface area contributed by atoms with Gasteiger partial charge in [0.05, 0.1) is 13.5 Å². The van der Waals surface area contributed by atoms with Crippen molar-refractivity contribution in [2.45, 2.75) is 13.3 Å². The molecule has 78 valence electrons. The van der Waals surface area contributed by atoms with Crippen LogP contribution in [0.5, 0.6) is 5.88 Å². The smallest absolute Gasteiger partial charge is 0.229 e. The predicted molar refractivity (Wildman–Crippen MR) is 56.2 cm³/mol. The van der Waals surface area contributed by atoms with Gasteiger partial charge in [0.15, 0.2) is 0 Å². The van der Waals surface area contributed by atoms with Gasteiger partial charge < -0.3 is 10.5 Å². The van der Waals surface area contributed by atoms with Crippen molar-refractivity contribution in [1.82, 2.24) is 4.98 Å². The summed E-state index contributed by atoms with van der Waals surface area (Å²) in [7, 11) is 1.56. The SMILES string of the molecule is COc1cc(C)c(C#CCC(N)=O)cn1. The highest BCUT2D eigenvalue weighted by Crippen LogP contribution is 2.11. The average Bonchev–Trinajstić information content (AvgIpc) is 2.20. The number of carbonyl (C=O) groups excluding carboxylic acids is 1. The second-order valence-electron chi connectivity index (χ2n) is 2.99. The van der Waals surface area contributed by atoms with Crippen molar-refractivity contribution >= 4 is 5.91 Å². The summed E-state index contributed by atoms with van der Waals surface area (Å²) < 4.78 is 4.96. The van der Waals surface area contributed by atoms with E-state index in [1.54, 1.807) is 19.4 Å². The molecule has 2 N–H and O–H groups in total. The van der Waals surface area contributed by atoms with Crippen molar-refractivity contribution in [3.8, 4) is 17.7 Å². The average molecular weight is 204 g/mol. The van der Waals surface area contributed by atoms with Gasteiger partial charge in [0, 0.05) is 17.8 Å². The van der Waals surface area contributed by atoms with Gasteiger partial charge in [-0.25, -0.2) is 4.98 Å². The Bertz CT molecular complexity index is 430. The van der Waals surface area contributed by atoms with Crippen LogP contribution in [0.15, 0.2) is 12.3 Å². The van der Waals surface area contributed by atoms with Crippen LogP contribution in [-0.4, -0.2) is 18.0 Å². The Labute approximate surface area is 88.5 Å². The number of aryl methyl sites for hydroxylation is 1. The molecule has 0 spiro atoms. The number of aromatic nitrogens is 1. The molecule has 0 aromatic carbocycles. The van der Waals surface area contributed by atoms with Crippen LogP contribution in [0.4, 0.5) is 0 Å². The summed E-state index contributed by atoms with van der Waals surface area (Å²) in [5, 5.41) is 0. The predicted octanol–water partition coefficient (Wildman–Crippen LogP) is 0.626. The molecule has 15 heavy (non-hydrogen) atoms. The van der Waals surface area contributed by atoms with Gasteiger partial charge in [-0.3, -0.25) is 4.79 Å². The maximum atomic E-state index is 10.5. The van der Waals surface area contributed by atoms with Gasteiger partial charge in [0.1, 0.15) is 0 Å². The van der Waals surface area contributed by atoms with E-state index in [4.69, 9.17) is 10.5 Å². The maximum absolute atomic E-state index is 10.5. The molecule has 4 heteroatoms. The molecular weight excluding hydrogens is 192 g/mol. The van der Waals surface area contributed by atoms with E-state index in [1.807, 2.05) is 6.92 Å². The summed E-state index contributed by atoms with van der Waals surface area (Å²) in [6, 6.07) is 1.79. The van der Waals surface area contributed by atoms with Crippen LogP contribution >= 0.6 is 0 Å². The third kappa shape index (κ3) is 3.31. The molecule has 0 aliphatic heterocycles. The molecule has 1 aromatic rings. The molecule has 0 unspecified atom stereocenters. The quantitative estimate of drug-likeness (QED) is 0.718. The number of amides is 1. The van der Waals surface area contributed by atoms with Gasteiger partial charge in [-0.15, -0.1) is 0 Å². The van der Waals surface area contributed by atoms with Crippen molar-refractivity contribution in [2.75, 3.05) is 7.11 Å². The van der Waals surface area contributed by atoms with Crippen molar-refractivity contribution in [1.29, 1.82) is 0 Å². The van der Waals surface area contributed by atoms with E-state index in [9.17, 15) is 4.79 Å². The molecule has 1 heterocycles. The first-order chi connectivity index (χ1) is 7.13. The minimum absolute atomic E-state index is 0.0610. The monoisotopic (exact) mass is 204 g/mol. The number of pyridine rings is 1. The van der Waals surface area contributed by atoms with E-state index in [1.165, 1.54) is 0 Å². The number of primary amides is 1. The molecule has 0 bridgehead atoms. The second kappa shape index (κ2) is 5.01. The second-order valence-corrected chi connectivity index (χ2v) is 2.99. The van der Waals surface area contributed by atoms with Gasteiger partial charge in [0.2, 0.25) is 11.8 Å². The lowest BCUT2D eigenvalue weighted by molar-refractivity contribution is -0.117. The number of nitrogens with two attached hydrogens (primary N) is 1. The molecule has 1 amide bonds. The number of methoxy groups -OCH3 is 1. The Morgan fingerprint density at radius 3 is 2.93 bits per heavy atom. The van der Waals surface area contributed by atoms with Crippen LogP contribution in [0.25, 0.3) is 0 Å². The van der Waals surface area contributed by atoms with Crippen LogP contribution < -0.4 is 10.5 Å². The maximum Gasteiger partial charge on any atom is 0.229 e. The third-order valence-electron chi connectivity index (χ3n) is 1.78. The van der Waals surface area contributed by atoms with E-state index in [0.29, 0.717) is 5.88 Å². The Kier molecular flexibility index (Phi) is 3.69. The standard InChI is InChI=1S/C11H12N2O2/c1-8-6-11(15-2)13-7-9(8)4-3-5-10(12)14/h6-7H,5H2,1-2H3,(H2,12,14). The van der Waals surface area contributed by atoms with E-state index in [0.717, 1.165) is 11.1 Å². The number of hydrogen-bond donors (Lipinski definition) is 1. The molecule has 0 radical (unpaired) electrons.